The second-order valence-corrected chi connectivity index (χ2v) is 5.23. The van der Waals surface area contributed by atoms with Gasteiger partial charge in [0.05, 0.1) is 0 Å². The second kappa shape index (κ2) is 6.09. The third kappa shape index (κ3) is 3.24. The van der Waals surface area contributed by atoms with E-state index in [0.717, 1.165) is 0 Å². The van der Waals surface area contributed by atoms with E-state index >= 15 is 0 Å². The Labute approximate surface area is 106 Å². The highest BCUT2D eigenvalue weighted by Crippen LogP contribution is 2.25. The van der Waals surface area contributed by atoms with Crippen LogP contribution in [-0.2, 0) is 12.8 Å². The van der Waals surface area contributed by atoms with Gasteiger partial charge in [0, 0.05) is 11.7 Å². The van der Waals surface area contributed by atoms with Crippen molar-refractivity contribution in [1.82, 2.24) is 0 Å². The van der Waals surface area contributed by atoms with E-state index in [1.54, 1.807) is 11.1 Å². The minimum absolute atomic E-state index is 0.648. The van der Waals surface area contributed by atoms with E-state index in [2.05, 4.69) is 37.4 Å². The zero-order valence-corrected chi connectivity index (χ0v) is 11.3. The van der Waals surface area contributed by atoms with Gasteiger partial charge in [0.25, 0.3) is 0 Å². The molecular weight excluding hydrogens is 206 g/mol. The highest BCUT2D eigenvalue weighted by Gasteiger charge is 2.12. The summed E-state index contributed by atoms with van der Waals surface area (Å²) in [5.41, 5.74) is 4.46. The number of fused-ring (bicyclic) bond motifs is 1. The van der Waals surface area contributed by atoms with Gasteiger partial charge < -0.3 is 5.32 Å². The van der Waals surface area contributed by atoms with Crippen molar-refractivity contribution >= 4 is 5.69 Å². The molecule has 1 heteroatoms. The molecule has 0 aliphatic heterocycles. The van der Waals surface area contributed by atoms with Crippen molar-refractivity contribution in [3.63, 3.8) is 0 Å². The number of rotatable bonds is 6. The van der Waals surface area contributed by atoms with Gasteiger partial charge in [-0.1, -0.05) is 32.8 Å². The van der Waals surface area contributed by atoms with Crippen LogP contribution < -0.4 is 5.32 Å². The maximum atomic E-state index is 3.69. The van der Waals surface area contributed by atoms with Gasteiger partial charge in [0.1, 0.15) is 0 Å². The fourth-order valence-corrected chi connectivity index (χ4v) is 2.73. The molecule has 0 fully saturated rings. The fourth-order valence-electron chi connectivity index (χ4n) is 2.73. The Bertz CT molecular complexity index is 357. The molecule has 1 aromatic carbocycles. The van der Waals surface area contributed by atoms with Crippen LogP contribution in [0, 0.1) is 0 Å². The molecule has 0 saturated heterocycles. The molecule has 1 aliphatic carbocycles. The van der Waals surface area contributed by atoms with Crippen LogP contribution in [0.4, 0.5) is 5.69 Å². The number of nitrogens with one attached hydrogen (secondary N) is 1. The third-order valence-corrected chi connectivity index (χ3v) is 3.87. The summed E-state index contributed by atoms with van der Waals surface area (Å²) in [5.74, 6) is 0. The summed E-state index contributed by atoms with van der Waals surface area (Å²) in [7, 11) is 0. The van der Waals surface area contributed by atoms with Crippen LogP contribution in [0.25, 0.3) is 0 Å². The van der Waals surface area contributed by atoms with Crippen LogP contribution in [0.1, 0.15) is 57.1 Å². The highest BCUT2D eigenvalue weighted by molar-refractivity contribution is 5.50. The monoisotopic (exact) mass is 231 g/mol. The summed E-state index contributed by atoms with van der Waals surface area (Å²) >= 11 is 0. The van der Waals surface area contributed by atoms with E-state index in [1.807, 2.05) is 0 Å². The lowest BCUT2D eigenvalue weighted by Crippen LogP contribution is -2.18. The molecule has 0 spiro atoms. The number of unbranched alkanes of at least 4 members (excludes halogenated alkanes) is 1. The van der Waals surface area contributed by atoms with Gasteiger partial charge in [-0.25, -0.2) is 0 Å². The van der Waals surface area contributed by atoms with Crippen molar-refractivity contribution in [2.24, 2.45) is 0 Å². The normalized spacial score (nSPS) is 15.6. The van der Waals surface area contributed by atoms with Gasteiger partial charge in [0.2, 0.25) is 0 Å². The van der Waals surface area contributed by atoms with Gasteiger partial charge in [0.15, 0.2) is 0 Å². The zero-order valence-electron chi connectivity index (χ0n) is 11.3. The number of aryl methyl sites for hydroxylation is 2. The predicted molar refractivity (Wildman–Crippen MR) is 75.7 cm³/mol. The summed E-state index contributed by atoms with van der Waals surface area (Å²) in [6.45, 7) is 4.54. The van der Waals surface area contributed by atoms with Gasteiger partial charge in [-0.3, -0.25) is 0 Å². The first-order chi connectivity index (χ1) is 8.33. The van der Waals surface area contributed by atoms with Crippen LogP contribution in [0.15, 0.2) is 18.2 Å². The lowest BCUT2D eigenvalue weighted by Gasteiger charge is -2.18. The first kappa shape index (κ1) is 12.5. The molecule has 0 bridgehead atoms. The van der Waals surface area contributed by atoms with Crippen molar-refractivity contribution in [3.05, 3.63) is 29.3 Å². The van der Waals surface area contributed by atoms with Gasteiger partial charge >= 0.3 is 0 Å². The molecular formula is C16H25N. The molecule has 0 aromatic heterocycles. The molecule has 1 nitrogen and oxygen atoms in total. The summed E-state index contributed by atoms with van der Waals surface area (Å²) in [5, 5.41) is 3.69. The van der Waals surface area contributed by atoms with Crippen molar-refractivity contribution in [1.29, 1.82) is 0 Å². The maximum Gasteiger partial charge on any atom is 0.0345 e. The molecule has 94 valence electrons. The minimum atomic E-state index is 0.648. The average molecular weight is 231 g/mol. The Kier molecular flexibility index (Phi) is 4.47. The van der Waals surface area contributed by atoms with E-state index < -0.39 is 0 Å². The van der Waals surface area contributed by atoms with E-state index in [9.17, 15) is 0 Å². The molecule has 2 rings (SSSR count). The van der Waals surface area contributed by atoms with E-state index in [0.29, 0.717) is 6.04 Å². The van der Waals surface area contributed by atoms with E-state index in [-0.39, 0.29) is 0 Å². The Morgan fingerprint density at radius 1 is 1.18 bits per heavy atom. The quantitative estimate of drug-likeness (QED) is 0.757. The molecule has 1 aliphatic rings. The molecule has 0 amide bonds. The first-order valence-electron chi connectivity index (χ1n) is 7.21. The molecule has 1 aromatic rings. The Morgan fingerprint density at radius 2 is 2.00 bits per heavy atom. The lowest BCUT2D eigenvalue weighted by molar-refractivity contribution is 0.593. The Morgan fingerprint density at radius 3 is 2.76 bits per heavy atom. The molecule has 1 unspecified atom stereocenters. The molecule has 0 radical (unpaired) electrons. The molecule has 0 heterocycles. The standard InChI is InChI=1S/C16H25N/c1-3-5-9-15(4-2)17-16-11-10-13-7-6-8-14(13)12-16/h10-12,15,17H,3-9H2,1-2H3. The van der Waals surface area contributed by atoms with E-state index in [4.69, 9.17) is 0 Å². The van der Waals surface area contributed by atoms with E-state index in [1.165, 1.54) is 50.6 Å². The number of hydrogen-bond donors (Lipinski definition) is 1. The highest BCUT2D eigenvalue weighted by atomic mass is 14.9. The third-order valence-electron chi connectivity index (χ3n) is 3.87. The lowest BCUT2D eigenvalue weighted by atomic mass is 10.1. The summed E-state index contributed by atoms with van der Waals surface area (Å²) in [6.07, 6.45) is 9.03. The van der Waals surface area contributed by atoms with Crippen LogP contribution in [0.3, 0.4) is 0 Å². The molecule has 0 saturated carbocycles. The SMILES string of the molecule is CCCCC(CC)Nc1ccc2c(c1)CCC2. The van der Waals surface area contributed by atoms with Crippen molar-refractivity contribution in [2.75, 3.05) is 5.32 Å². The number of benzene rings is 1. The largest absolute Gasteiger partial charge is 0.382 e. The van der Waals surface area contributed by atoms with Crippen LogP contribution in [0.2, 0.25) is 0 Å². The van der Waals surface area contributed by atoms with Crippen LogP contribution >= 0.6 is 0 Å². The van der Waals surface area contributed by atoms with Gasteiger partial charge in [-0.15, -0.1) is 0 Å². The Hall–Kier alpha value is -0.980. The average Bonchev–Trinajstić information content (AvgIpc) is 2.81. The fraction of sp³-hybridized carbons (Fsp3) is 0.625. The van der Waals surface area contributed by atoms with Crippen molar-refractivity contribution in [3.8, 4) is 0 Å². The van der Waals surface area contributed by atoms with Crippen LogP contribution in [-0.4, -0.2) is 6.04 Å². The van der Waals surface area contributed by atoms with Gasteiger partial charge in [-0.2, -0.15) is 0 Å². The topological polar surface area (TPSA) is 12.0 Å². The Balaban J connectivity index is 1.97. The molecule has 1 N–H and O–H groups in total. The van der Waals surface area contributed by atoms with Crippen molar-refractivity contribution in [2.45, 2.75) is 64.8 Å². The second-order valence-electron chi connectivity index (χ2n) is 5.23. The van der Waals surface area contributed by atoms with Crippen LogP contribution in [0.5, 0.6) is 0 Å². The summed E-state index contributed by atoms with van der Waals surface area (Å²) in [4.78, 5) is 0. The predicted octanol–water partition coefficient (Wildman–Crippen LogP) is 4.56. The van der Waals surface area contributed by atoms with Gasteiger partial charge in [-0.05, 0) is 55.4 Å². The molecule has 1 atom stereocenters. The zero-order chi connectivity index (χ0) is 12.1. The maximum absolute atomic E-state index is 3.69. The summed E-state index contributed by atoms with van der Waals surface area (Å²) in [6, 6.07) is 7.60. The minimum Gasteiger partial charge on any atom is -0.382 e. The summed E-state index contributed by atoms with van der Waals surface area (Å²) < 4.78 is 0. The van der Waals surface area contributed by atoms with Crippen molar-refractivity contribution < 1.29 is 0 Å². The number of anilines is 1. The smallest absolute Gasteiger partial charge is 0.0345 e. The molecule has 17 heavy (non-hydrogen) atoms. The number of hydrogen-bond acceptors (Lipinski definition) is 1. The first-order valence-corrected chi connectivity index (χ1v) is 7.21.